The molecule has 0 amide bonds. The fraction of sp³-hybridized carbons (Fsp3) is 0.679. The highest BCUT2D eigenvalue weighted by Gasteiger charge is 2.43. The molecule has 0 radical (unpaired) electrons. The number of ether oxygens (including phenoxy) is 4. The Balaban J connectivity index is 1.99. The molecule has 34 heavy (non-hydrogen) atoms. The highest BCUT2D eigenvalue weighted by Crippen LogP contribution is 2.26. The highest BCUT2D eigenvalue weighted by atomic mass is 16.6. The summed E-state index contributed by atoms with van der Waals surface area (Å²) in [7, 11) is 1.61. The van der Waals surface area contributed by atoms with E-state index >= 15 is 0 Å². The van der Waals surface area contributed by atoms with Crippen LogP contribution in [0.5, 0.6) is 0 Å². The van der Waals surface area contributed by atoms with Gasteiger partial charge in [0.2, 0.25) is 0 Å². The molecule has 1 aromatic rings. The second-order valence-corrected chi connectivity index (χ2v) is 10.1. The van der Waals surface area contributed by atoms with Crippen LogP contribution in [0, 0.1) is 0 Å². The Labute approximate surface area is 206 Å². The van der Waals surface area contributed by atoms with E-state index in [-0.39, 0.29) is 24.2 Å². The van der Waals surface area contributed by atoms with Crippen molar-refractivity contribution in [2.75, 3.05) is 20.3 Å². The number of benzene rings is 1. The normalized spacial score (nSPS) is 23.4. The molecule has 1 aliphatic rings. The van der Waals surface area contributed by atoms with Crippen LogP contribution in [-0.2, 0) is 35.8 Å². The van der Waals surface area contributed by atoms with Gasteiger partial charge in [0.05, 0.1) is 19.8 Å². The number of unbranched alkanes of at least 4 members (excludes halogenated alkanes) is 5. The lowest BCUT2D eigenvalue weighted by Crippen LogP contribution is -2.56. The zero-order valence-corrected chi connectivity index (χ0v) is 21.8. The highest BCUT2D eigenvalue weighted by molar-refractivity contribution is 5.71. The summed E-state index contributed by atoms with van der Waals surface area (Å²) in [5.41, 5.74) is 7.97. The molecule has 1 aliphatic heterocycles. The van der Waals surface area contributed by atoms with Crippen molar-refractivity contribution in [1.82, 2.24) is 0 Å². The monoisotopic (exact) mass is 475 g/mol. The maximum atomic E-state index is 12.0. The average Bonchev–Trinajstić information content (AvgIpc) is 2.82. The second-order valence-electron chi connectivity index (χ2n) is 10.1. The molecule has 192 valence electrons. The van der Waals surface area contributed by atoms with Crippen molar-refractivity contribution in [1.29, 1.82) is 0 Å². The largest absolute Gasteiger partial charge is 0.455 e. The summed E-state index contributed by atoms with van der Waals surface area (Å²) >= 11 is 0. The molecular formula is C28H45NO5. The van der Waals surface area contributed by atoms with E-state index in [1.165, 1.54) is 31.2 Å². The smallest absolute Gasteiger partial charge is 0.320 e. The van der Waals surface area contributed by atoms with E-state index in [9.17, 15) is 4.79 Å². The first-order chi connectivity index (χ1) is 16.3. The molecule has 0 saturated carbocycles. The minimum Gasteiger partial charge on any atom is -0.455 e. The molecule has 0 aliphatic carbocycles. The van der Waals surface area contributed by atoms with Gasteiger partial charge in [-0.05, 0) is 29.4 Å². The molecule has 0 bridgehead atoms. The Bertz CT molecular complexity index is 740. The number of carbonyl (C=O) groups is 1. The van der Waals surface area contributed by atoms with Gasteiger partial charge in [0.25, 0.3) is 0 Å². The predicted octanol–water partition coefficient (Wildman–Crippen LogP) is 5.07. The summed E-state index contributed by atoms with van der Waals surface area (Å²) in [4.78, 5) is 12.0. The van der Waals surface area contributed by atoms with E-state index in [1.54, 1.807) is 7.11 Å². The average molecular weight is 476 g/mol. The molecule has 4 atom stereocenters. The van der Waals surface area contributed by atoms with Gasteiger partial charge in [-0.2, -0.15) is 0 Å². The molecule has 6 heteroatoms. The van der Waals surface area contributed by atoms with Crippen LogP contribution >= 0.6 is 0 Å². The molecule has 0 unspecified atom stereocenters. The number of methoxy groups -OCH3 is 1. The first kappa shape index (κ1) is 28.5. The van der Waals surface area contributed by atoms with Gasteiger partial charge < -0.3 is 24.7 Å². The minimum atomic E-state index is -0.612. The molecule has 1 fully saturated rings. The van der Waals surface area contributed by atoms with E-state index in [0.717, 1.165) is 18.4 Å². The van der Waals surface area contributed by atoms with E-state index in [0.29, 0.717) is 13.2 Å². The fourth-order valence-electron chi connectivity index (χ4n) is 4.12. The van der Waals surface area contributed by atoms with Gasteiger partial charge in [0.1, 0.15) is 18.3 Å². The Hall–Kier alpha value is -1.73. The quantitative estimate of drug-likeness (QED) is 0.244. The van der Waals surface area contributed by atoms with Crippen molar-refractivity contribution >= 4 is 5.97 Å². The fourth-order valence-corrected chi connectivity index (χ4v) is 4.12. The molecule has 2 rings (SSSR count). The predicted molar refractivity (Wildman–Crippen MR) is 136 cm³/mol. The number of rotatable bonds is 13. The van der Waals surface area contributed by atoms with Crippen LogP contribution in [0.4, 0.5) is 0 Å². The molecule has 0 aromatic heterocycles. The second kappa shape index (κ2) is 14.6. The number of nitrogens with two attached hydrogens (primary N) is 1. The van der Waals surface area contributed by atoms with Crippen LogP contribution in [0.25, 0.3) is 0 Å². The topological polar surface area (TPSA) is 80.0 Å². The summed E-state index contributed by atoms with van der Waals surface area (Å²) in [5.74, 6) is -0.480. The Morgan fingerprint density at radius 2 is 1.82 bits per heavy atom. The molecule has 6 nitrogen and oxygen atoms in total. The zero-order chi connectivity index (χ0) is 25.0. The summed E-state index contributed by atoms with van der Waals surface area (Å²) in [6.45, 7) is 9.40. The molecule has 0 spiro atoms. The molecule has 1 heterocycles. The van der Waals surface area contributed by atoms with Gasteiger partial charge >= 0.3 is 5.97 Å². The van der Waals surface area contributed by atoms with Crippen LogP contribution in [0.2, 0.25) is 0 Å². The van der Waals surface area contributed by atoms with Gasteiger partial charge in [-0.15, -0.1) is 0 Å². The van der Waals surface area contributed by atoms with Gasteiger partial charge in [0.15, 0.2) is 6.10 Å². The number of hydrogen-bond acceptors (Lipinski definition) is 6. The lowest BCUT2D eigenvalue weighted by Gasteiger charge is -2.40. The van der Waals surface area contributed by atoms with Crippen molar-refractivity contribution in [3.05, 3.63) is 47.5 Å². The van der Waals surface area contributed by atoms with Crippen molar-refractivity contribution < 1.29 is 23.7 Å². The van der Waals surface area contributed by atoms with Crippen molar-refractivity contribution in [3.63, 3.8) is 0 Å². The first-order valence-corrected chi connectivity index (χ1v) is 12.7. The summed E-state index contributed by atoms with van der Waals surface area (Å²) in [6, 6.07) is 8.45. The third-order valence-electron chi connectivity index (χ3n) is 6.26. The van der Waals surface area contributed by atoms with Crippen molar-refractivity contribution in [2.24, 2.45) is 5.73 Å². The van der Waals surface area contributed by atoms with Crippen molar-refractivity contribution in [3.8, 4) is 0 Å². The molecule has 1 aromatic carbocycles. The third kappa shape index (κ3) is 9.14. The van der Waals surface area contributed by atoms with E-state index in [1.807, 2.05) is 6.08 Å². The van der Waals surface area contributed by atoms with Crippen LogP contribution < -0.4 is 5.73 Å². The SMILES string of the molecule is CCCCCCC/C=C/[C@@H]1OC[C@@H](OCc2ccc(C(C)(C)C)cc2)[C@H](OC)[C@@H]1OC(=O)CN. The number of allylic oxidation sites excluding steroid dienone is 1. The third-order valence-corrected chi connectivity index (χ3v) is 6.26. The first-order valence-electron chi connectivity index (χ1n) is 12.7. The van der Waals surface area contributed by atoms with Crippen LogP contribution in [0.15, 0.2) is 36.4 Å². The summed E-state index contributed by atoms with van der Waals surface area (Å²) in [5, 5.41) is 0. The molecule has 2 N–H and O–H groups in total. The van der Waals surface area contributed by atoms with E-state index in [2.05, 4.69) is 58.0 Å². The Morgan fingerprint density at radius 1 is 1.12 bits per heavy atom. The van der Waals surface area contributed by atoms with Crippen LogP contribution in [0.1, 0.15) is 77.3 Å². The number of carbonyl (C=O) groups excluding carboxylic acids is 1. The molecular weight excluding hydrogens is 430 g/mol. The van der Waals surface area contributed by atoms with E-state index in [4.69, 9.17) is 24.7 Å². The van der Waals surface area contributed by atoms with Crippen LogP contribution in [-0.4, -0.2) is 50.6 Å². The number of hydrogen-bond donors (Lipinski definition) is 1. The van der Waals surface area contributed by atoms with E-state index < -0.39 is 18.2 Å². The lowest BCUT2D eigenvalue weighted by atomic mass is 9.87. The standard InChI is InChI=1S/C28H45NO5/c1-6-7-8-9-10-11-12-13-23-27(34-25(30)18-29)26(31-5)24(20-33-23)32-19-21-14-16-22(17-15-21)28(2,3)4/h12-17,23-24,26-27H,6-11,18-20,29H2,1-5H3/b13-12+/t23-,24+,26-,27+/m0/s1. The van der Waals surface area contributed by atoms with Crippen molar-refractivity contribution in [2.45, 2.75) is 103 Å². The zero-order valence-electron chi connectivity index (χ0n) is 21.8. The van der Waals surface area contributed by atoms with Crippen LogP contribution in [0.3, 0.4) is 0 Å². The lowest BCUT2D eigenvalue weighted by molar-refractivity contribution is -0.216. The molecule has 1 saturated heterocycles. The van der Waals surface area contributed by atoms with Gasteiger partial charge in [0, 0.05) is 7.11 Å². The van der Waals surface area contributed by atoms with Gasteiger partial charge in [-0.25, -0.2) is 0 Å². The minimum absolute atomic E-state index is 0.107. The maximum Gasteiger partial charge on any atom is 0.320 e. The van der Waals surface area contributed by atoms with Gasteiger partial charge in [-0.1, -0.05) is 89.8 Å². The Kier molecular flexibility index (Phi) is 12.3. The maximum absolute atomic E-state index is 12.0. The summed E-state index contributed by atoms with van der Waals surface area (Å²) < 4.78 is 23.7. The van der Waals surface area contributed by atoms with Gasteiger partial charge in [-0.3, -0.25) is 4.79 Å². The Morgan fingerprint density at radius 3 is 2.44 bits per heavy atom. The summed E-state index contributed by atoms with van der Waals surface area (Å²) in [6.07, 6.45) is 9.43. The number of esters is 1.